The van der Waals surface area contributed by atoms with Gasteiger partial charge in [-0.15, -0.1) is 0 Å². The number of aliphatic hydroxyl groups excluding tert-OH is 1. The molecule has 7 heteroatoms. The third-order valence-corrected chi connectivity index (χ3v) is 4.79. The van der Waals surface area contributed by atoms with Gasteiger partial charge in [0.1, 0.15) is 17.1 Å². The first-order valence-electron chi connectivity index (χ1n) is 8.61. The Hall–Kier alpha value is -3.35. The molecule has 7 nitrogen and oxygen atoms in total. The van der Waals surface area contributed by atoms with Crippen LogP contribution >= 0.6 is 0 Å². The van der Waals surface area contributed by atoms with E-state index in [9.17, 15) is 15.0 Å². The second kappa shape index (κ2) is 6.75. The summed E-state index contributed by atoms with van der Waals surface area (Å²) >= 11 is 0. The van der Waals surface area contributed by atoms with E-state index < -0.39 is 5.97 Å². The van der Waals surface area contributed by atoms with E-state index in [4.69, 9.17) is 9.15 Å². The number of hydrogen-bond donors (Lipinski definition) is 2. The molecule has 0 spiro atoms. The highest BCUT2D eigenvalue weighted by Gasteiger charge is 2.26. The predicted octanol–water partition coefficient (Wildman–Crippen LogP) is 3.20. The summed E-state index contributed by atoms with van der Waals surface area (Å²) in [6, 6.07) is 1.95. The fourth-order valence-corrected chi connectivity index (χ4v) is 3.54. The van der Waals surface area contributed by atoms with Crippen LogP contribution in [0.2, 0.25) is 0 Å². The molecule has 2 aliphatic rings. The second-order valence-corrected chi connectivity index (χ2v) is 6.44. The number of carbonyl (C=O) groups is 1. The topological polar surface area (TPSA) is 105 Å². The Labute approximate surface area is 155 Å². The minimum Gasteiger partial charge on any atom is -0.507 e. The minimum absolute atomic E-state index is 0.224. The number of carboxylic acid groups (broad SMARTS) is 1. The predicted molar refractivity (Wildman–Crippen MR) is 99.1 cm³/mol. The third-order valence-electron chi connectivity index (χ3n) is 4.79. The maximum atomic E-state index is 11.4. The first-order valence-corrected chi connectivity index (χ1v) is 8.61. The van der Waals surface area contributed by atoms with Gasteiger partial charge in [0.2, 0.25) is 0 Å². The lowest BCUT2D eigenvalue weighted by Crippen LogP contribution is -2.08. The number of benzene rings is 1. The Bertz CT molecular complexity index is 1000. The largest absolute Gasteiger partial charge is 0.507 e. The Morgan fingerprint density at radius 2 is 2.07 bits per heavy atom. The summed E-state index contributed by atoms with van der Waals surface area (Å²) in [6.45, 7) is 2.85. The Morgan fingerprint density at radius 3 is 2.81 bits per heavy atom. The number of rotatable bonds is 2. The van der Waals surface area contributed by atoms with Crippen LogP contribution in [-0.4, -0.2) is 40.5 Å². The molecule has 3 heterocycles. The quantitative estimate of drug-likeness (QED) is 0.846. The number of aliphatic carboxylic acids is 1. The summed E-state index contributed by atoms with van der Waals surface area (Å²) in [5, 5.41) is 19.6. The maximum Gasteiger partial charge on any atom is 0.341 e. The van der Waals surface area contributed by atoms with Gasteiger partial charge in [-0.05, 0) is 42.2 Å². The Balaban J connectivity index is 1.95. The number of nitrogens with zero attached hydrogens (tertiary/aromatic N) is 2. The van der Waals surface area contributed by atoms with Crippen molar-refractivity contribution < 1.29 is 24.2 Å². The number of hydrogen-bond acceptors (Lipinski definition) is 6. The van der Waals surface area contributed by atoms with Gasteiger partial charge in [0.05, 0.1) is 18.4 Å². The van der Waals surface area contributed by atoms with Gasteiger partial charge in [-0.2, -0.15) is 0 Å². The van der Waals surface area contributed by atoms with Crippen LogP contribution in [-0.2, 0) is 17.6 Å². The molecular formula is C20H18N2O5. The number of allylic oxidation sites excluding steroid dienone is 2. The SMILES string of the molecule is C/C1=C\C(O)=C(C(=O)O)C=NCCc2c1cc(-c1cnco1)c1c2CCO1. The van der Waals surface area contributed by atoms with Crippen molar-refractivity contribution in [3.05, 3.63) is 52.8 Å². The van der Waals surface area contributed by atoms with Crippen LogP contribution in [0.3, 0.4) is 0 Å². The van der Waals surface area contributed by atoms with E-state index in [1.165, 1.54) is 18.7 Å². The first-order chi connectivity index (χ1) is 13.1. The van der Waals surface area contributed by atoms with E-state index in [1.54, 1.807) is 6.20 Å². The number of aliphatic hydroxyl groups is 1. The van der Waals surface area contributed by atoms with Crippen LogP contribution in [0.25, 0.3) is 16.9 Å². The molecule has 0 bridgehead atoms. The average Bonchev–Trinajstić information content (AvgIpc) is 3.32. The molecule has 0 amide bonds. The molecule has 138 valence electrons. The molecule has 27 heavy (non-hydrogen) atoms. The van der Waals surface area contributed by atoms with Crippen molar-refractivity contribution in [2.75, 3.05) is 13.2 Å². The van der Waals surface area contributed by atoms with Crippen molar-refractivity contribution in [3.63, 3.8) is 0 Å². The fourth-order valence-electron chi connectivity index (χ4n) is 3.54. The highest BCUT2D eigenvalue weighted by molar-refractivity contribution is 6.09. The van der Waals surface area contributed by atoms with Crippen molar-refractivity contribution in [2.24, 2.45) is 4.99 Å². The summed E-state index contributed by atoms with van der Waals surface area (Å²) in [6.07, 6.45) is 7.10. The van der Waals surface area contributed by atoms with Gasteiger partial charge in [0.15, 0.2) is 12.2 Å². The summed E-state index contributed by atoms with van der Waals surface area (Å²) < 4.78 is 11.3. The highest BCUT2D eigenvalue weighted by atomic mass is 16.5. The second-order valence-electron chi connectivity index (χ2n) is 6.44. The van der Waals surface area contributed by atoms with Crippen LogP contribution in [0.15, 0.2) is 45.5 Å². The molecule has 0 saturated carbocycles. The zero-order chi connectivity index (χ0) is 19.0. The van der Waals surface area contributed by atoms with Gasteiger partial charge in [-0.25, -0.2) is 9.78 Å². The highest BCUT2D eigenvalue weighted by Crippen LogP contribution is 2.42. The monoisotopic (exact) mass is 366 g/mol. The van der Waals surface area contributed by atoms with Gasteiger partial charge in [0, 0.05) is 24.7 Å². The molecule has 0 atom stereocenters. The number of ether oxygens (including phenoxy) is 1. The molecule has 4 rings (SSSR count). The van der Waals surface area contributed by atoms with Gasteiger partial charge in [0.25, 0.3) is 0 Å². The Kier molecular flexibility index (Phi) is 4.27. The van der Waals surface area contributed by atoms with Crippen molar-refractivity contribution in [2.45, 2.75) is 19.8 Å². The number of aliphatic imine (C=N–C) groups is 1. The van der Waals surface area contributed by atoms with Crippen LogP contribution in [0.5, 0.6) is 5.75 Å². The summed E-state index contributed by atoms with van der Waals surface area (Å²) in [7, 11) is 0. The van der Waals surface area contributed by atoms with Crippen LogP contribution in [0.1, 0.15) is 23.6 Å². The molecule has 0 unspecified atom stereocenters. The van der Waals surface area contributed by atoms with E-state index in [1.807, 2.05) is 13.0 Å². The molecule has 1 aromatic heterocycles. The lowest BCUT2D eigenvalue weighted by Gasteiger charge is -2.17. The molecule has 2 aliphatic heterocycles. The average molecular weight is 366 g/mol. The van der Waals surface area contributed by atoms with Gasteiger partial charge >= 0.3 is 5.97 Å². The van der Waals surface area contributed by atoms with E-state index >= 15 is 0 Å². The van der Waals surface area contributed by atoms with E-state index in [2.05, 4.69) is 9.98 Å². The lowest BCUT2D eigenvalue weighted by atomic mass is 9.89. The third kappa shape index (κ3) is 3.01. The molecule has 2 aromatic rings. The van der Waals surface area contributed by atoms with E-state index in [0.717, 1.165) is 40.0 Å². The number of aromatic nitrogens is 1. The number of fused-ring (bicyclic) bond motifs is 3. The molecular weight excluding hydrogens is 348 g/mol. The Morgan fingerprint density at radius 1 is 1.22 bits per heavy atom. The smallest absolute Gasteiger partial charge is 0.341 e. The van der Waals surface area contributed by atoms with Crippen molar-refractivity contribution in [3.8, 4) is 17.1 Å². The molecule has 0 fully saturated rings. The van der Waals surface area contributed by atoms with Crippen LogP contribution in [0, 0.1) is 0 Å². The van der Waals surface area contributed by atoms with Crippen LogP contribution in [0.4, 0.5) is 0 Å². The standard InChI is InChI=1S/C20H18N2O5/c1-11-6-17(23)16(20(24)25)8-21-4-2-12-13-3-5-26-19(13)15(7-14(11)12)18-9-22-10-27-18/h6-10,23H,2-5H2,1H3,(H,24,25)/b11-6+,17-16?,21-8?. The van der Waals surface area contributed by atoms with Gasteiger partial charge < -0.3 is 19.4 Å². The van der Waals surface area contributed by atoms with Gasteiger partial charge in [-0.3, -0.25) is 4.99 Å². The van der Waals surface area contributed by atoms with Crippen molar-refractivity contribution in [1.82, 2.24) is 4.98 Å². The lowest BCUT2D eigenvalue weighted by molar-refractivity contribution is -0.132. The number of carboxylic acids is 1. The zero-order valence-electron chi connectivity index (χ0n) is 14.7. The maximum absolute atomic E-state index is 11.4. The number of oxazole rings is 1. The molecule has 1 aromatic carbocycles. The van der Waals surface area contributed by atoms with Crippen LogP contribution < -0.4 is 4.74 Å². The summed E-state index contributed by atoms with van der Waals surface area (Å²) in [5.74, 6) is -0.143. The van der Waals surface area contributed by atoms with Gasteiger partial charge in [-0.1, -0.05) is 0 Å². The molecule has 2 N–H and O–H groups in total. The molecule has 0 aliphatic carbocycles. The zero-order valence-corrected chi connectivity index (χ0v) is 14.7. The van der Waals surface area contributed by atoms with E-state index in [0.29, 0.717) is 25.3 Å². The van der Waals surface area contributed by atoms with E-state index in [-0.39, 0.29) is 11.3 Å². The summed E-state index contributed by atoms with van der Waals surface area (Å²) in [5.41, 5.74) is 4.45. The summed E-state index contributed by atoms with van der Waals surface area (Å²) in [4.78, 5) is 19.5. The normalized spacial score (nSPS) is 18.3. The molecule has 0 saturated heterocycles. The fraction of sp³-hybridized carbons (Fsp3) is 0.250. The van der Waals surface area contributed by atoms with Crippen molar-refractivity contribution in [1.29, 1.82) is 0 Å². The van der Waals surface area contributed by atoms with Crippen molar-refractivity contribution >= 4 is 17.8 Å². The minimum atomic E-state index is -1.22. The molecule has 0 radical (unpaired) electrons. The first kappa shape index (κ1) is 17.1.